The number of hydrogen-bond donors (Lipinski definition) is 2. The van der Waals surface area contributed by atoms with Crippen molar-refractivity contribution in [2.24, 2.45) is 0 Å². The van der Waals surface area contributed by atoms with E-state index in [0.29, 0.717) is 31.1 Å². The Morgan fingerprint density at radius 2 is 1.95 bits per heavy atom. The van der Waals surface area contributed by atoms with E-state index in [9.17, 15) is 9.59 Å². The second kappa shape index (κ2) is 7.47. The molecule has 22 heavy (non-hydrogen) atoms. The van der Waals surface area contributed by atoms with Crippen molar-refractivity contribution >= 4 is 11.9 Å². The van der Waals surface area contributed by atoms with Gasteiger partial charge in [-0.15, -0.1) is 0 Å². The number of amides is 1. The molecule has 2 rings (SSSR count). The molecule has 1 aliphatic carbocycles. The predicted molar refractivity (Wildman–Crippen MR) is 84.9 cm³/mol. The number of rotatable bonds is 6. The van der Waals surface area contributed by atoms with Gasteiger partial charge in [0.2, 0.25) is 5.91 Å². The molecular formula is C17H26N2O3. The van der Waals surface area contributed by atoms with Crippen molar-refractivity contribution in [1.82, 2.24) is 10.3 Å². The molecule has 1 heterocycles. The van der Waals surface area contributed by atoms with Gasteiger partial charge in [-0.2, -0.15) is 0 Å². The van der Waals surface area contributed by atoms with Crippen molar-refractivity contribution in [3.05, 3.63) is 22.5 Å². The SMILES string of the molecule is CCOC(=O)c1c(C)[nH]c(CCC(=O)NC2CCCC2)c1C. The molecule has 0 spiro atoms. The van der Waals surface area contributed by atoms with Crippen LogP contribution in [0.3, 0.4) is 0 Å². The highest BCUT2D eigenvalue weighted by molar-refractivity contribution is 5.92. The second-order valence-electron chi connectivity index (χ2n) is 6.00. The summed E-state index contributed by atoms with van der Waals surface area (Å²) in [6, 6.07) is 0.356. The minimum atomic E-state index is -0.296. The zero-order chi connectivity index (χ0) is 16.1. The van der Waals surface area contributed by atoms with Crippen LogP contribution in [0.15, 0.2) is 0 Å². The van der Waals surface area contributed by atoms with E-state index in [-0.39, 0.29) is 11.9 Å². The molecule has 1 aromatic rings. The van der Waals surface area contributed by atoms with Gasteiger partial charge in [-0.1, -0.05) is 12.8 Å². The maximum atomic E-state index is 12.0. The quantitative estimate of drug-likeness (QED) is 0.794. The van der Waals surface area contributed by atoms with Gasteiger partial charge in [0.05, 0.1) is 12.2 Å². The van der Waals surface area contributed by atoms with Crippen LogP contribution in [-0.4, -0.2) is 29.5 Å². The fraction of sp³-hybridized carbons (Fsp3) is 0.647. The summed E-state index contributed by atoms with van der Waals surface area (Å²) in [5.41, 5.74) is 3.25. The first-order valence-electron chi connectivity index (χ1n) is 8.17. The van der Waals surface area contributed by atoms with Gasteiger partial charge in [-0.25, -0.2) is 4.79 Å². The average Bonchev–Trinajstić information content (AvgIpc) is 3.05. The number of aromatic amines is 1. The molecule has 0 radical (unpaired) electrons. The van der Waals surface area contributed by atoms with Crippen LogP contribution in [0, 0.1) is 13.8 Å². The largest absolute Gasteiger partial charge is 0.462 e. The van der Waals surface area contributed by atoms with Gasteiger partial charge in [0, 0.05) is 23.9 Å². The minimum Gasteiger partial charge on any atom is -0.462 e. The first-order valence-corrected chi connectivity index (χ1v) is 8.17. The molecular weight excluding hydrogens is 280 g/mol. The number of H-pyrrole nitrogens is 1. The molecule has 5 heteroatoms. The lowest BCUT2D eigenvalue weighted by atomic mass is 10.1. The van der Waals surface area contributed by atoms with Crippen molar-refractivity contribution in [1.29, 1.82) is 0 Å². The lowest BCUT2D eigenvalue weighted by Crippen LogP contribution is -2.32. The number of aromatic nitrogens is 1. The van der Waals surface area contributed by atoms with Gasteiger partial charge < -0.3 is 15.0 Å². The molecule has 1 aromatic heterocycles. The van der Waals surface area contributed by atoms with Crippen LogP contribution >= 0.6 is 0 Å². The average molecular weight is 306 g/mol. The monoisotopic (exact) mass is 306 g/mol. The molecule has 0 aromatic carbocycles. The number of esters is 1. The van der Waals surface area contributed by atoms with Crippen molar-refractivity contribution in [3.63, 3.8) is 0 Å². The summed E-state index contributed by atoms with van der Waals surface area (Å²) in [6.07, 6.45) is 5.68. The van der Waals surface area contributed by atoms with Crippen molar-refractivity contribution in [2.75, 3.05) is 6.61 Å². The topological polar surface area (TPSA) is 71.2 Å². The molecule has 1 amide bonds. The molecule has 122 valence electrons. The predicted octanol–water partition coefficient (Wildman–Crippen LogP) is 2.80. The Bertz CT molecular complexity index is 542. The zero-order valence-electron chi connectivity index (χ0n) is 13.8. The molecule has 0 saturated heterocycles. The molecule has 1 saturated carbocycles. The minimum absolute atomic E-state index is 0.0937. The van der Waals surface area contributed by atoms with Crippen LogP contribution in [0.1, 0.15) is 66.3 Å². The highest BCUT2D eigenvalue weighted by Gasteiger charge is 2.20. The summed E-state index contributed by atoms with van der Waals surface area (Å²) >= 11 is 0. The molecule has 0 aliphatic heterocycles. The highest BCUT2D eigenvalue weighted by Crippen LogP contribution is 2.21. The van der Waals surface area contributed by atoms with Gasteiger partial charge >= 0.3 is 5.97 Å². The first kappa shape index (κ1) is 16.6. The van der Waals surface area contributed by atoms with E-state index < -0.39 is 0 Å². The first-order chi connectivity index (χ1) is 10.5. The molecule has 0 unspecified atom stereocenters. The smallest absolute Gasteiger partial charge is 0.340 e. The van der Waals surface area contributed by atoms with Gasteiger partial charge in [0.1, 0.15) is 0 Å². The Hall–Kier alpha value is -1.78. The molecule has 5 nitrogen and oxygen atoms in total. The van der Waals surface area contributed by atoms with Crippen molar-refractivity contribution in [3.8, 4) is 0 Å². The summed E-state index contributed by atoms with van der Waals surface area (Å²) in [7, 11) is 0. The summed E-state index contributed by atoms with van der Waals surface area (Å²) in [4.78, 5) is 27.2. The maximum absolute atomic E-state index is 12.0. The number of nitrogens with one attached hydrogen (secondary N) is 2. The normalized spacial score (nSPS) is 15.0. The Labute approximate surface area is 131 Å². The number of hydrogen-bond acceptors (Lipinski definition) is 3. The van der Waals surface area contributed by atoms with E-state index in [1.54, 1.807) is 6.92 Å². The van der Waals surface area contributed by atoms with E-state index in [1.807, 2.05) is 13.8 Å². The standard InChI is InChI=1S/C17H26N2O3/c1-4-22-17(21)16-11(2)14(18-12(16)3)9-10-15(20)19-13-7-5-6-8-13/h13,18H,4-10H2,1-3H3,(H,19,20). The summed E-state index contributed by atoms with van der Waals surface area (Å²) < 4.78 is 5.08. The fourth-order valence-corrected chi connectivity index (χ4v) is 3.18. The lowest BCUT2D eigenvalue weighted by Gasteiger charge is -2.11. The van der Waals surface area contributed by atoms with Crippen LogP contribution in [-0.2, 0) is 16.0 Å². The van der Waals surface area contributed by atoms with Crippen LogP contribution in [0.4, 0.5) is 0 Å². The number of carbonyl (C=O) groups excluding carboxylic acids is 2. The second-order valence-corrected chi connectivity index (χ2v) is 6.00. The summed E-state index contributed by atoms with van der Waals surface area (Å²) in [6.45, 7) is 5.92. The van der Waals surface area contributed by atoms with Crippen molar-refractivity contribution in [2.45, 2.75) is 65.3 Å². The van der Waals surface area contributed by atoms with E-state index in [0.717, 1.165) is 29.8 Å². The summed E-state index contributed by atoms with van der Waals surface area (Å²) in [5.74, 6) is -0.202. The molecule has 1 aliphatic rings. The Morgan fingerprint density at radius 1 is 1.27 bits per heavy atom. The molecule has 0 bridgehead atoms. The molecule has 2 N–H and O–H groups in total. The van der Waals surface area contributed by atoms with E-state index in [2.05, 4.69) is 10.3 Å². The van der Waals surface area contributed by atoms with Crippen LogP contribution in [0.2, 0.25) is 0 Å². The van der Waals surface area contributed by atoms with Gasteiger partial charge in [-0.3, -0.25) is 4.79 Å². The van der Waals surface area contributed by atoms with Gasteiger partial charge in [-0.05, 0) is 45.6 Å². The van der Waals surface area contributed by atoms with E-state index in [4.69, 9.17) is 4.74 Å². The third kappa shape index (κ3) is 3.90. The number of carbonyl (C=O) groups is 2. The number of ether oxygens (including phenoxy) is 1. The Balaban J connectivity index is 1.93. The number of aryl methyl sites for hydroxylation is 2. The lowest BCUT2D eigenvalue weighted by molar-refractivity contribution is -0.121. The van der Waals surface area contributed by atoms with Crippen LogP contribution < -0.4 is 5.32 Å². The van der Waals surface area contributed by atoms with E-state index >= 15 is 0 Å². The van der Waals surface area contributed by atoms with Crippen LogP contribution in [0.25, 0.3) is 0 Å². The Kier molecular flexibility index (Phi) is 5.63. The molecule has 1 fully saturated rings. The van der Waals surface area contributed by atoms with Crippen molar-refractivity contribution < 1.29 is 14.3 Å². The van der Waals surface area contributed by atoms with Gasteiger partial charge in [0.25, 0.3) is 0 Å². The maximum Gasteiger partial charge on any atom is 0.340 e. The zero-order valence-corrected chi connectivity index (χ0v) is 13.8. The van der Waals surface area contributed by atoms with E-state index in [1.165, 1.54) is 12.8 Å². The summed E-state index contributed by atoms with van der Waals surface area (Å²) in [5, 5.41) is 3.09. The molecule has 0 atom stereocenters. The van der Waals surface area contributed by atoms with Crippen LogP contribution in [0.5, 0.6) is 0 Å². The fourth-order valence-electron chi connectivity index (χ4n) is 3.18. The Morgan fingerprint density at radius 3 is 2.59 bits per heavy atom. The third-order valence-corrected chi connectivity index (χ3v) is 4.34. The third-order valence-electron chi connectivity index (χ3n) is 4.34. The highest BCUT2D eigenvalue weighted by atomic mass is 16.5. The van der Waals surface area contributed by atoms with Gasteiger partial charge in [0.15, 0.2) is 0 Å².